The van der Waals surface area contributed by atoms with Crippen molar-refractivity contribution >= 4 is 44.4 Å². The van der Waals surface area contributed by atoms with Crippen molar-refractivity contribution in [3.8, 4) is 0 Å². The van der Waals surface area contributed by atoms with Gasteiger partial charge in [-0.05, 0) is 36.4 Å². The molecule has 3 aromatic rings. The first-order valence-electron chi connectivity index (χ1n) is 6.64. The van der Waals surface area contributed by atoms with E-state index in [1.165, 1.54) is 4.57 Å². The molecule has 0 saturated heterocycles. The standard InChI is InChI=1S/C17H12BrFN2O/c18-13-5-7-14(8-6-13)20-17(22)11-16(19)21-10-9-12-3-1-2-4-15(12)21/h1-11H,(H,20,22)/b16-11+. The van der Waals surface area contributed by atoms with Crippen molar-refractivity contribution in [2.24, 2.45) is 0 Å². The van der Waals surface area contributed by atoms with Crippen LogP contribution in [-0.2, 0) is 4.79 Å². The van der Waals surface area contributed by atoms with Crippen LogP contribution in [0.1, 0.15) is 0 Å². The van der Waals surface area contributed by atoms with E-state index in [-0.39, 0.29) is 0 Å². The summed E-state index contributed by atoms with van der Waals surface area (Å²) in [5, 5.41) is 3.54. The zero-order chi connectivity index (χ0) is 15.5. The molecule has 110 valence electrons. The van der Waals surface area contributed by atoms with Gasteiger partial charge >= 0.3 is 0 Å². The highest BCUT2D eigenvalue weighted by molar-refractivity contribution is 9.10. The zero-order valence-electron chi connectivity index (χ0n) is 11.5. The van der Waals surface area contributed by atoms with Crippen molar-refractivity contribution in [2.45, 2.75) is 0 Å². The number of para-hydroxylation sites is 1. The number of hydrogen-bond acceptors (Lipinski definition) is 1. The van der Waals surface area contributed by atoms with Crippen LogP contribution in [0.2, 0.25) is 0 Å². The third kappa shape index (κ3) is 3.09. The van der Waals surface area contributed by atoms with Crippen molar-refractivity contribution in [1.29, 1.82) is 0 Å². The summed E-state index contributed by atoms with van der Waals surface area (Å²) < 4.78 is 16.5. The van der Waals surface area contributed by atoms with E-state index in [4.69, 9.17) is 0 Å². The first kappa shape index (κ1) is 14.5. The van der Waals surface area contributed by atoms with Crippen LogP contribution in [0.15, 0.2) is 71.3 Å². The molecule has 0 unspecified atom stereocenters. The first-order valence-corrected chi connectivity index (χ1v) is 7.43. The van der Waals surface area contributed by atoms with E-state index in [2.05, 4.69) is 21.2 Å². The van der Waals surface area contributed by atoms with E-state index in [9.17, 15) is 9.18 Å². The molecule has 3 rings (SSSR count). The minimum absolute atomic E-state index is 0.516. The Morgan fingerprint density at radius 2 is 1.82 bits per heavy atom. The number of nitrogens with zero attached hydrogens (tertiary/aromatic N) is 1. The summed E-state index contributed by atoms with van der Waals surface area (Å²) in [7, 11) is 0. The summed E-state index contributed by atoms with van der Waals surface area (Å²) in [6.45, 7) is 0. The molecule has 1 aromatic heterocycles. The van der Waals surface area contributed by atoms with Gasteiger partial charge in [0.1, 0.15) is 0 Å². The Labute approximate surface area is 135 Å². The lowest BCUT2D eigenvalue weighted by Gasteiger charge is -2.04. The fourth-order valence-corrected chi connectivity index (χ4v) is 2.42. The van der Waals surface area contributed by atoms with Gasteiger partial charge in [0.25, 0.3) is 5.91 Å². The van der Waals surface area contributed by atoms with Gasteiger partial charge < -0.3 is 5.32 Å². The third-order valence-electron chi connectivity index (χ3n) is 3.19. The Balaban J connectivity index is 1.81. The highest BCUT2D eigenvalue weighted by atomic mass is 79.9. The van der Waals surface area contributed by atoms with E-state index in [0.717, 1.165) is 15.9 Å². The molecule has 1 N–H and O–H groups in total. The lowest BCUT2D eigenvalue weighted by molar-refractivity contribution is -0.111. The molecule has 1 amide bonds. The van der Waals surface area contributed by atoms with Crippen molar-refractivity contribution in [2.75, 3.05) is 5.32 Å². The maximum absolute atomic E-state index is 14.3. The normalized spacial score (nSPS) is 11.6. The van der Waals surface area contributed by atoms with Gasteiger partial charge in [-0.25, -0.2) is 0 Å². The van der Waals surface area contributed by atoms with Crippen molar-refractivity contribution in [1.82, 2.24) is 4.57 Å². The number of hydrogen-bond donors (Lipinski definition) is 1. The van der Waals surface area contributed by atoms with Gasteiger partial charge in [-0.15, -0.1) is 0 Å². The second-order valence-electron chi connectivity index (χ2n) is 4.71. The van der Waals surface area contributed by atoms with Gasteiger partial charge in [0, 0.05) is 21.7 Å². The molecule has 0 aliphatic carbocycles. The largest absolute Gasteiger partial charge is 0.322 e. The smallest absolute Gasteiger partial charge is 0.252 e. The van der Waals surface area contributed by atoms with Crippen molar-refractivity contribution < 1.29 is 9.18 Å². The summed E-state index contributed by atoms with van der Waals surface area (Å²) in [6, 6.07) is 16.3. The van der Waals surface area contributed by atoms with Crippen LogP contribution < -0.4 is 5.32 Å². The maximum atomic E-state index is 14.3. The van der Waals surface area contributed by atoms with E-state index < -0.39 is 11.9 Å². The molecular formula is C17H12BrFN2O. The molecule has 3 nitrogen and oxygen atoms in total. The van der Waals surface area contributed by atoms with E-state index >= 15 is 0 Å². The first-order chi connectivity index (χ1) is 10.6. The number of benzene rings is 2. The average molecular weight is 359 g/mol. The molecule has 5 heteroatoms. The molecule has 0 aliphatic heterocycles. The highest BCUT2D eigenvalue weighted by Gasteiger charge is 2.07. The lowest BCUT2D eigenvalue weighted by Crippen LogP contribution is -2.09. The zero-order valence-corrected chi connectivity index (χ0v) is 13.0. The Bertz CT molecular complexity index is 852. The third-order valence-corrected chi connectivity index (χ3v) is 3.72. The molecule has 0 aliphatic rings. The highest BCUT2D eigenvalue weighted by Crippen LogP contribution is 2.20. The minimum atomic E-state index is -0.629. The van der Waals surface area contributed by atoms with Gasteiger partial charge in [0.05, 0.1) is 11.6 Å². The number of amides is 1. The van der Waals surface area contributed by atoms with Gasteiger partial charge in [-0.1, -0.05) is 34.1 Å². The molecule has 0 spiro atoms. The number of halogens is 2. The number of aromatic nitrogens is 1. The molecule has 0 saturated carbocycles. The van der Waals surface area contributed by atoms with E-state index in [1.54, 1.807) is 42.6 Å². The number of rotatable bonds is 3. The van der Waals surface area contributed by atoms with Crippen LogP contribution in [0.5, 0.6) is 0 Å². The Hall–Kier alpha value is -2.40. The van der Waals surface area contributed by atoms with E-state index in [0.29, 0.717) is 11.2 Å². The second-order valence-corrected chi connectivity index (χ2v) is 5.62. The number of anilines is 1. The Morgan fingerprint density at radius 1 is 1.09 bits per heavy atom. The number of carbonyl (C=O) groups excluding carboxylic acids is 1. The Kier molecular flexibility index (Phi) is 4.06. The van der Waals surface area contributed by atoms with Gasteiger partial charge in [0.2, 0.25) is 5.95 Å². The molecule has 0 bridgehead atoms. The fourth-order valence-electron chi connectivity index (χ4n) is 2.16. The molecule has 22 heavy (non-hydrogen) atoms. The van der Waals surface area contributed by atoms with Crippen LogP contribution in [0, 0.1) is 0 Å². The SMILES string of the molecule is O=C(/C=C(\F)n1ccc2ccccc21)Nc1ccc(Br)cc1. The molecule has 2 aromatic carbocycles. The summed E-state index contributed by atoms with van der Waals surface area (Å²) in [6.07, 6.45) is 2.54. The summed E-state index contributed by atoms with van der Waals surface area (Å²) >= 11 is 3.31. The summed E-state index contributed by atoms with van der Waals surface area (Å²) in [5.41, 5.74) is 1.32. The van der Waals surface area contributed by atoms with Crippen LogP contribution in [0.25, 0.3) is 16.9 Å². The molecule has 1 heterocycles. The number of fused-ring (bicyclic) bond motifs is 1. The molecule has 0 radical (unpaired) electrons. The molecular weight excluding hydrogens is 347 g/mol. The lowest BCUT2D eigenvalue weighted by atomic mass is 10.2. The van der Waals surface area contributed by atoms with Crippen LogP contribution in [-0.4, -0.2) is 10.5 Å². The van der Waals surface area contributed by atoms with Gasteiger partial charge in [-0.2, -0.15) is 4.39 Å². The second kappa shape index (κ2) is 6.15. The molecule has 0 atom stereocenters. The van der Waals surface area contributed by atoms with Crippen LogP contribution in [0.3, 0.4) is 0 Å². The van der Waals surface area contributed by atoms with Crippen molar-refractivity contribution in [3.05, 3.63) is 71.3 Å². The van der Waals surface area contributed by atoms with Gasteiger partial charge in [-0.3, -0.25) is 9.36 Å². The number of carbonyl (C=O) groups is 1. The maximum Gasteiger partial charge on any atom is 0.252 e. The van der Waals surface area contributed by atoms with Gasteiger partial charge in [0.15, 0.2) is 0 Å². The quantitative estimate of drug-likeness (QED) is 0.669. The number of nitrogens with one attached hydrogen (secondary N) is 1. The monoisotopic (exact) mass is 358 g/mol. The molecule has 0 fully saturated rings. The average Bonchev–Trinajstić information content (AvgIpc) is 2.93. The minimum Gasteiger partial charge on any atom is -0.322 e. The predicted molar refractivity (Wildman–Crippen MR) is 90.1 cm³/mol. The predicted octanol–water partition coefficient (Wildman–Crippen LogP) is 4.81. The topological polar surface area (TPSA) is 34.0 Å². The van der Waals surface area contributed by atoms with Crippen LogP contribution in [0.4, 0.5) is 10.1 Å². The summed E-state index contributed by atoms with van der Waals surface area (Å²) in [4.78, 5) is 11.9. The van der Waals surface area contributed by atoms with E-state index in [1.807, 2.05) is 18.2 Å². The van der Waals surface area contributed by atoms with Crippen LogP contribution >= 0.6 is 15.9 Å². The fraction of sp³-hybridized carbons (Fsp3) is 0. The van der Waals surface area contributed by atoms with Crippen molar-refractivity contribution in [3.63, 3.8) is 0 Å². The Morgan fingerprint density at radius 3 is 2.59 bits per heavy atom. The summed E-state index contributed by atoms with van der Waals surface area (Å²) in [5.74, 6) is -1.14.